The molecule has 2 fully saturated rings. The van der Waals surface area contributed by atoms with E-state index < -0.39 is 18.5 Å². The maximum absolute atomic E-state index is 13.1. The van der Waals surface area contributed by atoms with Crippen LogP contribution >= 0.6 is 11.9 Å². The van der Waals surface area contributed by atoms with Gasteiger partial charge >= 0.3 is 6.18 Å². The third-order valence-electron chi connectivity index (χ3n) is 8.23. The fourth-order valence-corrected chi connectivity index (χ4v) is 7.12. The maximum Gasteiger partial charge on any atom is 0.391 e. The van der Waals surface area contributed by atoms with Crippen molar-refractivity contribution in [3.63, 3.8) is 0 Å². The minimum absolute atomic E-state index is 0.0742. The van der Waals surface area contributed by atoms with Crippen LogP contribution < -0.4 is 4.31 Å². The van der Waals surface area contributed by atoms with Gasteiger partial charge in [0.2, 0.25) is 0 Å². The molecule has 3 aliphatic rings. The number of aryl methyl sites for hydroxylation is 1. The lowest BCUT2D eigenvalue weighted by Crippen LogP contribution is -2.45. The van der Waals surface area contributed by atoms with Crippen LogP contribution in [0.2, 0.25) is 0 Å². The number of alkyl halides is 5. The highest BCUT2D eigenvalue weighted by Crippen LogP contribution is 2.40. The van der Waals surface area contributed by atoms with Gasteiger partial charge in [0.05, 0.1) is 18.2 Å². The molecule has 40 heavy (non-hydrogen) atoms. The van der Waals surface area contributed by atoms with Gasteiger partial charge in [-0.05, 0) is 99.3 Å². The molecular formula is C30H35F5N4S. The van der Waals surface area contributed by atoms with Gasteiger partial charge in [0.25, 0.3) is 6.43 Å². The highest BCUT2D eigenvalue weighted by atomic mass is 32.2. The van der Waals surface area contributed by atoms with E-state index in [1.54, 1.807) is 0 Å². The molecule has 0 radical (unpaired) electrons. The molecule has 2 heterocycles. The Morgan fingerprint density at radius 1 is 0.950 bits per heavy atom. The maximum atomic E-state index is 13.1. The van der Waals surface area contributed by atoms with Gasteiger partial charge in [-0.2, -0.15) is 23.4 Å². The Bertz CT molecular complexity index is 1200. The topological polar surface area (TPSA) is 31.2 Å². The highest BCUT2D eigenvalue weighted by molar-refractivity contribution is 8.01. The smallest absolute Gasteiger partial charge is 0.312 e. The van der Waals surface area contributed by atoms with Crippen LogP contribution in [0, 0.1) is 12.8 Å². The Labute approximate surface area is 236 Å². The van der Waals surface area contributed by atoms with Crippen molar-refractivity contribution in [1.29, 1.82) is 0 Å². The number of rotatable bonds is 8. The van der Waals surface area contributed by atoms with Crippen LogP contribution in [0.15, 0.2) is 58.7 Å². The molecule has 1 saturated heterocycles. The van der Waals surface area contributed by atoms with Crippen LogP contribution in [0.3, 0.4) is 0 Å². The molecule has 2 aromatic rings. The van der Waals surface area contributed by atoms with Gasteiger partial charge in [0.15, 0.2) is 0 Å². The standard InChI is InChI=1S/C30H35F5N4S/c1-20-3-2-4-25(17-20)39(19-21-5-7-22(8-6-21)27-18-28(29(31)32)37-36-27)40-26-13-15-38(16-14-26)24-11-9-23(10-12-24)30(33,34)35/h2-8,17,23-24,26,29H,9-16,18-19H2,1H3. The average molecular weight is 579 g/mol. The SMILES string of the molecule is Cc1cccc(N(Cc2ccc(C3=NN=C(C(F)F)C3)cc2)SC2CCN(C3CCC(C(F)(F)F)CC3)CC2)c1. The van der Waals surface area contributed by atoms with Crippen molar-refractivity contribution in [3.05, 3.63) is 65.2 Å². The van der Waals surface area contributed by atoms with E-state index in [1.165, 1.54) is 5.56 Å². The van der Waals surface area contributed by atoms with Crippen molar-refractivity contribution < 1.29 is 22.0 Å². The van der Waals surface area contributed by atoms with Gasteiger partial charge < -0.3 is 9.21 Å². The largest absolute Gasteiger partial charge is 0.391 e. The lowest BCUT2D eigenvalue weighted by molar-refractivity contribution is -0.184. The van der Waals surface area contributed by atoms with Crippen molar-refractivity contribution in [1.82, 2.24) is 4.90 Å². The number of nitrogens with zero attached hydrogens (tertiary/aromatic N) is 4. The minimum Gasteiger partial charge on any atom is -0.312 e. The predicted octanol–water partition coefficient (Wildman–Crippen LogP) is 8.05. The minimum atomic E-state index is -4.06. The van der Waals surface area contributed by atoms with E-state index in [2.05, 4.69) is 50.6 Å². The van der Waals surface area contributed by atoms with Gasteiger partial charge in [-0.3, -0.25) is 0 Å². The van der Waals surface area contributed by atoms with Crippen molar-refractivity contribution in [2.24, 2.45) is 16.1 Å². The summed E-state index contributed by atoms with van der Waals surface area (Å²) >= 11 is 1.84. The zero-order chi connectivity index (χ0) is 28.3. The molecule has 0 atom stereocenters. The molecule has 5 rings (SSSR count). The van der Waals surface area contributed by atoms with Crippen molar-refractivity contribution in [2.45, 2.75) is 82.3 Å². The molecule has 2 aliphatic heterocycles. The van der Waals surface area contributed by atoms with E-state index in [4.69, 9.17) is 0 Å². The molecule has 0 amide bonds. The number of anilines is 1. The number of hydrogen-bond acceptors (Lipinski definition) is 5. The summed E-state index contributed by atoms with van der Waals surface area (Å²) in [5.74, 6) is -1.14. The Morgan fingerprint density at radius 2 is 1.65 bits per heavy atom. The lowest BCUT2D eigenvalue weighted by Gasteiger charge is -2.41. The molecule has 0 aromatic heterocycles. The normalized spacial score (nSPS) is 22.9. The van der Waals surface area contributed by atoms with Gasteiger partial charge in [-0.25, -0.2) is 8.78 Å². The Kier molecular flexibility index (Phi) is 9.14. The van der Waals surface area contributed by atoms with Gasteiger partial charge in [0.1, 0.15) is 5.71 Å². The Hall–Kier alpha value is -2.46. The van der Waals surface area contributed by atoms with Gasteiger partial charge in [0, 0.05) is 23.4 Å². The van der Waals surface area contributed by atoms with Crippen LogP contribution in [0.25, 0.3) is 0 Å². The first-order chi connectivity index (χ1) is 19.2. The molecule has 0 unspecified atom stereocenters. The van der Waals surface area contributed by atoms with E-state index in [1.807, 2.05) is 36.2 Å². The van der Waals surface area contributed by atoms with E-state index in [-0.39, 0.29) is 31.0 Å². The predicted molar refractivity (Wildman–Crippen MR) is 152 cm³/mol. The van der Waals surface area contributed by atoms with Crippen molar-refractivity contribution in [2.75, 3.05) is 17.4 Å². The van der Waals surface area contributed by atoms with Crippen LogP contribution in [0.5, 0.6) is 0 Å². The molecule has 0 spiro atoms. The zero-order valence-corrected chi connectivity index (χ0v) is 23.4. The molecule has 0 N–H and O–H groups in total. The summed E-state index contributed by atoms with van der Waals surface area (Å²) in [4.78, 5) is 2.41. The Morgan fingerprint density at radius 3 is 2.25 bits per heavy atom. The summed E-state index contributed by atoms with van der Waals surface area (Å²) in [5, 5.41) is 7.98. The molecule has 1 saturated carbocycles. The zero-order valence-electron chi connectivity index (χ0n) is 22.6. The quantitative estimate of drug-likeness (QED) is 0.235. The summed E-state index contributed by atoms with van der Waals surface area (Å²) in [6, 6.07) is 16.5. The third kappa shape index (κ3) is 7.24. The van der Waals surface area contributed by atoms with Crippen LogP contribution in [-0.2, 0) is 6.54 Å². The number of halogens is 5. The van der Waals surface area contributed by atoms with Crippen LogP contribution in [-0.4, -0.2) is 53.3 Å². The highest BCUT2D eigenvalue weighted by Gasteiger charge is 2.42. The molecule has 1 aliphatic carbocycles. The number of hydrogen-bond donors (Lipinski definition) is 0. The second-order valence-corrected chi connectivity index (χ2v) is 12.4. The summed E-state index contributed by atoms with van der Waals surface area (Å²) in [7, 11) is 0. The number of likely N-dealkylation sites (tertiary alicyclic amines) is 1. The fraction of sp³-hybridized carbons (Fsp3) is 0.533. The summed E-state index contributed by atoms with van der Waals surface area (Å²) in [6.07, 6.45) is -2.82. The van der Waals surface area contributed by atoms with E-state index in [0.29, 0.717) is 30.3 Å². The number of piperidine rings is 1. The fourth-order valence-electron chi connectivity index (χ4n) is 5.88. The van der Waals surface area contributed by atoms with Crippen molar-refractivity contribution >= 4 is 29.1 Å². The monoisotopic (exact) mass is 578 g/mol. The molecule has 0 bridgehead atoms. The molecular weight excluding hydrogens is 543 g/mol. The first-order valence-electron chi connectivity index (χ1n) is 14.0. The van der Waals surface area contributed by atoms with Crippen molar-refractivity contribution in [3.8, 4) is 0 Å². The molecule has 216 valence electrons. The summed E-state index contributed by atoms with van der Waals surface area (Å²) < 4.78 is 67.4. The molecule has 2 aromatic carbocycles. The Balaban J connectivity index is 1.19. The number of benzene rings is 2. The third-order valence-corrected chi connectivity index (χ3v) is 9.60. The van der Waals surface area contributed by atoms with E-state index >= 15 is 0 Å². The van der Waals surface area contributed by atoms with E-state index in [0.717, 1.165) is 42.7 Å². The second kappa shape index (κ2) is 12.6. The first-order valence-corrected chi connectivity index (χ1v) is 14.8. The molecule has 10 heteroatoms. The van der Waals surface area contributed by atoms with Gasteiger partial charge in [-0.1, -0.05) is 36.4 Å². The van der Waals surface area contributed by atoms with Crippen LogP contribution in [0.4, 0.5) is 27.6 Å². The second-order valence-electron chi connectivity index (χ2n) is 11.1. The first kappa shape index (κ1) is 29.0. The summed E-state index contributed by atoms with van der Waals surface area (Å²) in [6.45, 7) is 4.59. The van der Waals surface area contributed by atoms with Crippen LogP contribution in [0.1, 0.15) is 61.6 Å². The molecule has 4 nitrogen and oxygen atoms in total. The average Bonchev–Trinajstić information content (AvgIpc) is 3.44. The van der Waals surface area contributed by atoms with Gasteiger partial charge in [-0.15, -0.1) is 0 Å². The van der Waals surface area contributed by atoms with E-state index in [9.17, 15) is 22.0 Å². The summed E-state index contributed by atoms with van der Waals surface area (Å²) in [5.41, 5.74) is 4.57. The lowest BCUT2D eigenvalue weighted by atomic mass is 9.84.